The molecule has 3 heteroatoms. The molecule has 0 aromatic carbocycles. The van der Waals surface area contributed by atoms with Gasteiger partial charge in [-0.1, -0.05) is 0 Å². The monoisotopic (exact) mass is 206 g/mol. The lowest BCUT2D eigenvalue weighted by atomic mass is 10.3. The van der Waals surface area contributed by atoms with Crippen LogP contribution in [0.5, 0.6) is 0 Å². The first-order chi connectivity index (χ1) is 4.24. The summed E-state index contributed by atoms with van der Waals surface area (Å²) >= 11 is 4.95. The van der Waals surface area contributed by atoms with Crippen LogP contribution >= 0.6 is 27.3 Å². The van der Waals surface area contributed by atoms with Crippen LogP contribution in [0.4, 0.5) is 0 Å². The van der Waals surface area contributed by atoms with Crippen LogP contribution in [0.3, 0.4) is 0 Å². The zero-order chi connectivity index (χ0) is 6.85. The van der Waals surface area contributed by atoms with E-state index in [1.807, 2.05) is 13.0 Å². The summed E-state index contributed by atoms with van der Waals surface area (Å²) in [5, 5.41) is 8.66. The number of thiophene rings is 1. The van der Waals surface area contributed by atoms with Crippen molar-refractivity contribution < 1.29 is 5.11 Å². The molecule has 0 unspecified atom stereocenters. The predicted molar refractivity (Wildman–Crippen MR) is 42.7 cm³/mol. The highest BCUT2D eigenvalue weighted by Crippen LogP contribution is 2.26. The van der Waals surface area contributed by atoms with Crippen LogP contribution in [0.1, 0.15) is 10.4 Å². The molecule has 1 nitrogen and oxygen atoms in total. The second-order valence-corrected chi connectivity index (χ2v) is 4.28. The van der Waals surface area contributed by atoms with Crippen molar-refractivity contribution in [3.8, 4) is 0 Å². The molecule has 1 heterocycles. The number of halogens is 1. The number of aryl methyl sites for hydroxylation is 1. The van der Waals surface area contributed by atoms with Gasteiger partial charge in [0.05, 0.1) is 10.4 Å². The molecule has 0 aliphatic carbocycles. The van der Waals surface area contributed by atoms with Crippen molar-refractivity contribution in [2.24, 2.45) is 0 Å². The summed E-state index contributed by atoms with van der Waals surface area (Å²) in [7, 11) is 0. The zero-order valence-corrected chi connectivity index (χ0v) is 7.42. The highest BCUT2D eigenvalue weighted by atomic mass is 79.9. The minimum Gasteiger partial charge on any atom is -0.391 e. The molecule has 0 bridgehead atoms. The summed E-state index contributed by atoms with van der Waals surface area (Å²) in [6, 6.07) is 1.98. The molecular formula is C6H7BrOS. The lowest BCUT2D eigenvalue weighted by Crippen LogP contribution is -1.70. The van der Waals surface area contributed by atoms with Crippen LogP contribution in [-0.4, -0.2) is 5.11 Å². The van der Waals surface area contributed by atoms with Gasteiger partial charge in [0, 0.05) is 4.88 Å². The molecule has 9 heavy (non-hydrogen) atoms. The molecule has 0 spiro atoms. The summed E-state index contributed by atoms with van der Waals surface area (Å²) in [6.45, 7) is 2.16. The minimum atomic E-state index is 0.150. The Morgan fingerprint density at radius 1 is 1.78 bits per heavy atom. The van der Waals surface area contributed by atoms with Gasteiger partial charge in [0.2, 0.25) is 0 Å². The van der Waals surface area contributed by atoms with Crippen molar-refractivity contribution in [1.82, 2.24) is 0 Å². The largest absolute Gasteiger partial charge is 0.391 e. The fraction of sp³-hybridized carbons (Fsp3) is 0.333. The van der Waals surface area contributed by atoms with Crippen LogP contribution in [0, 0.1) is 6.92 Å². The molecule has 0 radical (unpaired) electrons. The maximum Gasteiger partial charge on any atom is 0.0774 e. The van der Waals surface area contributed by atoms with Crippen molar-refractivity contribution in [3.63, 3.8) is 0 Å². The second kappa shape index (κ2) is 2.82. The van der Waals surface area contributed by atoms with Gasteiger partial charge in [-0.15, -0.1) is 11.3 Å². The third-order valence-electron chi connectivity index (χ3n) is 1.06. The van der Waals surface area contributed by atoms with Crippen LogP contribution in [0.2, 0.25) is 0 Å². The Hall–Kier alpha value is 0.140. The highest BCUT2D eigenvalue weighted by molar-refractivity contribution is 9.11. The third-order valence-corrected chi connectivity index (χ3v) is 3.19. The number of rotatable bonds is 1. The fourth-order valence-corrected chi connectivity index (χ4v) is 2.09. The van der Waals surface area contributed by atoms with Crippen LogP contribution in [0.25, 0.3) is 0 Å². The van der Waals surface area contributed by atoms with Gasteiger partial charge in [-0.05, 0) is 34.5 Å². The standard InChI is InChI=1S/C6H7BrOS/c1-4-2-5(3-8)9-6(4)7/h2,8H,3H2,1H3. The van der Waals surface area contributed by atoms with E-state index in [-0.39, 0.29) is 6.61 Å². The topological polar surface area (TPSA) is 20.2 Å². The Kier molecular flexibility index (Phi) is 2.27. The summed E-state index contributed by atoms with van der Waals surface area (Å²) in [5.41, 5.74) is 1.20. The zero-order valence-electron chi connectivity index (χ0n) is 5.02. The molecule has 1 aromatic heterocycles. The van der Waals surface area contributed by atoms with Crippen LogP contribution in [-0.2, 0) is 6.61 Å². The maximum atomic E-state index is 8.66. The van der Waals surface area contributed by atoms with Gasteiger partial charge in [-0.3, -0.25) is 0 Å². The molecule has 1 rings (SSSR count). The average Bonchev–Trinajstić information content (AvgIpc) is 2.13. The highest BCUT2D eigenvalue weighted by Gasteiger charge is 1.99. The molecule has 0 aliphatic heterocycles. The summed E-state index contributed by atoms with van der Waals surface area (Å²) in [4.78, 5) is 1.01. The first-order valence-electron chi connectivity index (χ1n) is 2.59. The Labute approximate surface area is 66.5 Å². The molecule has 0 saturated heterocycles. The molecule has 0 saturated carbocycles. The first-order valence-corrected chi connectivity index (χ1v) is 4.20. The third kappa shape index (κ3) is 1.53. The average molecular weight is 207 g/mol. The number of aliphatic hydroxyl groups excluding tert-OH is 1. The molecule has 0 aliphatic rings. The predicted octanol–water partition coefficient (Wildman–Crippen LogP) is 2.31. The smallest absolute Gasteiger partial charge is 0.0774 e. The van der Waals surface area contributed by atoms with Gasteiger partial charge in [0.1, 0.15) is 0 Å². The van der Waals surface area contributed by atoms with Gasteiger partial charge in [-0.2, -0.15) is 0 Å². The Morgan fingerprint density at radius 2 is 2.44 bits per heavy atom. The lowest BCUT2D eigenvalue weighted by Gasteiger charge is -1.79. The van der Waals surface area contributed by atoms with E-state index >= 15 is 0 Å². The van der Waals surface area contributed by atoms with E-state index < -0.39 is 0 Å². The molecular weight excluding hydrogens is 200 g/mol. The normalized spacial score (nSPS) is 10.1. The van der Waals surface area contributed by atoms with Gasteiger partial charge >= 0.3 is 0 Å². The Balaban J connectivity index is 2.98. The Morgan fingerprint density at radius 3 is 2.67 bits per heavy atom. The van der Waals surface area contributed by atoms with Gasteiger partial charge in [-0.25, -0.2) is 0 Å². The van der Waals surface area contributed by atoms with Crippen molar-refractivity contribution in [3.05, 3.63) is 20.3 Å². The van der Waals surface area contributed by atoms with E-state index in [0.29, 0.717) is 0 Å². The summed E-state index contributed by atoms with van der Waals surface area (Å²) in [5.74, 6) is 0. The van der Waals surface area contributed by atoms with Gasteiger partial charge < -0.3 is 5.11 Å². The number of hydrogen-bond acceptors (Lipinski definition) is 2. The molecule has 1 aromatic rings. The number of hydrogen-bond donors (Lipinski definition) is 1. The SMILES string of the molecule is Cc1cc(CO)sc1Br. The van der Waals surface area contributed by atoms with E-state index in [4.69, 9.17) is 5.11 Å². The molecule has 1 N–H and O–H groups in total. The van der Waals surface area contributed by atoms with Crippen LogP contribution < -0.4 is 0 Å². The van der Waals surface area contributed by atoms with E-state index in [0.717, 1.165) is 8.66 Å². The minimum absolute atomic E-state index is 0.150. The van der Waals surface area contributed by atoms with Crippen molar-refractivity contribution in [2.45, 2.75) is 13.5 Å². The fourth-order valence-electron chi connectivity index (χ4n) is 0.601. The van der Waals surface area contributed by atoms with Gasteiger partial charge in [0.25, 0.3) is 0 Å². The van der Waals surface area contributed by atoms with Crippen molar-refractivity contribution in [1.29, 1.82) is 0 Å². The number of aliphatic hydroxyl groups is 1. The Bertz CT molecular complexity index is 187. The maximum absolute atomic E-state index is 8.66. The molecule has 50 valence electrons. The summed E-state index contributed by atoms with van der Waals surface area (Å²) in [6.07, 6.45) is 0. The lowest BCUT2D eigenvalue weighted by molar-refractivity contribution is 0.285. The second-order valence-electron chi connectivity index (χ2n) is 1.83. The first kappa shape index (κ1) is 7.25. The van der Waals surface area contributed by atoms with E-state index in [1.54, 1.807) is 11.3 Å². The molecule has 0 fully saturated rings. The molecule has 0 atom stereocenters. The van der Waals surface area contributed by atoms with Gasteiger partial charge in [0.15, 0.2) is 0 Å². The van der Waals surface area contributed by atoms with Crippen molar-refractivity contribution in [2.75, 3.05) is 0 Å². The summed E-state index contributed by atoms with van der Waals surface area (Å²) < 4.78 is 1.12. The van der Waals surface area contributed by atoms with Crippen LogP contribution in [0.15, 0.2) is 9.85 Å². The van der Waals surface area contributed by atoms with Crippen molar-refractivity contribution >= 4 is 27.3 Å². The van der Waals surface area contributed by atoms with E-state index in [9.17, 15) is 0 Å². The quantitative estimate of drug-likeness (QED) is 0.749. The van der Waals surface area contributed by atoms with E-state index in [1.165, 1.54) is 5.56 Å². The van der Waals surface area contributed by atoms with E-state index in [2.05, 4.69) is 15.9 Å². The molecule has 0 amide bonds.